The molecule has 1 N–H and O–H groups in total. The second-order valence-corrected chi connectivity index (χ2v) is 5.11. The summed E-state index contributed by atoms with van der Waals surface area (Å²) in [6, 6.07) is 7.96. The van der Waals surface area contributed by atoms with E-state index in [1.165, 1.54) is 0 Å². The van der Waals surface area contributed by atoms with E-state index in [-0.39, 0.29) is 0 Å². The first-order valence-corrected chi connectivity index (χ1v) is 6.86. The van der Waals surface area contributed by atoms with Gasteiger partial charge in [0.25, 0.3) is 0 Å². The molecule has 4 nitrogen and oxygen atoms in total. The fourth-order valence-electron chi connectivity index (χ4n) is 2.51. The number of nitrogens with one attached hydrogen (secondary N) is 1. The molecule has 3 rings (SSSR count). The zero-order valence-electron chi connectivity index (χ0n) is 11.2. The van der Waals surface area contributed by atoms with Crippen LogP contribution in [0.4, 0.5) is 0 Å². The maximum absolute atomic E-state index is 5.56. The third-order valence-electron chi connectivity index (χ3n) is 3.74. The average molecular weight is 257 g/mol. The molecular weight excluding hydrogens is 238 g/mol. The molecule has 2 heterocycles. The quantitative estimate of drug-likeness (QED) is 0.911. The lowest BCUT2D eigenvalue weighted by Crippen LogP contribution is -2.27. The Morgan fingerprint density at radius 1 is 1.32 bits per heavy atom. The number of hydrogen-bond donors (Lipinski definition) is 1. The molecule has 0 spiro atoms. The van der Waals surface area contributed by atoms with Crippen LogP contribution in [0.3, 0.4) is 0 Å². The molecule has 0 bridgehead atoms. The van der Waals surface area contributed by atoms with E-state index in [9.17, 15) is 0 Å². The van der Waals surface area contributed by atoms with Crippen LogP contribution in [0.25, 0.3) is 11.0 Å². The molecule has 1 aromatic heterocycles. The molecule has 2 unspecified atom stereocenters. The lowest BCUT2D eigenvalue weighted by Gasteiger charge is -2.14. The third kappa shape index (κ3) is 2.91. The van der Waals surface area contributed by atoms with E-state index >= 15 is 0 Å². The standard InChI is InChI=1S/C15H19N3O/c1-11-12(6-7-19-11)8-16-9-13-10-17-14-4-2-3-5-15(14)18-13/h2-5,10-12,16H,6-9H2,1H3. The van der Waals surface area contributed by atoms with Crippen LogP contribution >= 0.6 is 0 Å². The molecule has 4 heteroatoms. The van der Waals surface area contributed by atoms with Crippen LogP contribution in [0.15, 0.2) is 30.5 Å². The van der Waals surface area contributed by atoms with E-state index in [1.54, 1.807) is 0 Å². The van der Waals surface area contributed by atoms with Gasteiger partial charge in [0.1, 0.15) is 0 Å². The Morgan fingerprint density at radius 3 is 2.95 bits per heavy atom. The van der Waals surface area contributed by atoms with Crippen molar-refractivity contribution < 1.29 is 4.74 Å². The van der Waals surface area contributed by atoms with Gasteiger partial charge in [0, 0.05) is 19.7 Å². The number of benzene rings is 1. The van der Waals surface area contributed by atoms with Gasteiger partial charge < -0.3 is 10.1 Å². The molecule has 1 aliphatic heterocycles. The molecule has 0 amide bonds. The Hall–Kier alpha value is -1.52. The predicted octanol–water partition coefficient (Wildman–Crippen LogP) is 2.14. The molecule has 1 saturated heterocycles. The summed E-state index contributed by atoms with van der Waals surface area (Å²) >= 11 is 0. The summed E-state index contributed by atoms with van der Waals surface area (Å²) in [5, 5.41) is 3.46. The van der Waals surface area contributed by atoms with Gasteiger partial charge in [0.2, 0.25) is 0 Å². The van der Waals surface area contributed by atoms with Gasteiger partial charge in [0.05, 0.1) is 29.0 Å². The van der Waals surface area contributed by atoms with Crippen LogP contribution in [0.1, 0.15) is 19.0 Å². The molecule has 2 atom stereocenters. The monoisotopic (exact) mass is 257 g/mol. The van der Waals surface area contributed by atoms with E-state index in [2.05, 4.69) is 22.2 Å². The third-order valence-corrected chi connectivity index (χ3v) is 3.74. The van der Waals surface area contributed by atoms with Crippen molar-refractivity contribution in [2.24, 2.45) is 5.92 Å². The fourth-order valence-corrected chi connectivity index (χ4v) is 2.51. The molecule has 0 aliphatic carbocycles. The maximum Gasteiger partial charge on any atom is 0.0890 e. The Morgan fingerprint density at radius 2 is 2.16 bits per heavy atom. The maximum atomic E-state index is 5.56. The first kappa shape index (κ1) is 12.5. The molecule has 19 heavy (non-hydrogen) atoms. The molecule has 100 valence electrons. The van der Waals surface area contributed by atoms with Crippen LogP contribution in [0, 0.1) is 5.92 Å². The van der Waals surface area contributed by atoms with Gasteiger partial charge in [-0.25, -0.2) is 4.98 Å². The van der Waals surface area contributed by atoms with Crippen LogP contribution in [-0.2, 0) is 11.3 Å². The molecule has 1 aliphatic rings. The second-order valence-electron chi connectivity index (χ2n) is 5.11. The summed E-state index contributed by atoms with van der Waals surface area (Å²) < 4.78 is 5.56. The Labute approximate surface area is 113 Å². The van der Waals surface area contributed by atoms with E-state index in [0.717, 1.165) is 42.8 Å². The van der Waals surface area contributed by atoms with Gasteiger partial charge in [-0.05, 0) is 31.4 Å². The summed E-state index contributed by atoms with van der Waals surface area (Å²) in [5.74, 6) is 0.619. The number of hydrogen-bond acceptors (Lipinski definition) is 4. The summed E-state index contributed by atoms with van der Waals surface area (Å²) in [6.45, 7) is 4.79. The lowest BCUT2D eigenvalue weighted by molar-refractivity contribution is 0.105. The summed E-state index contributed by atoms with van der Waals surface area (Å²) in [6.07, 6.45) is 3.37. The predicted molar refractivity (Wildman–Crippen MR) is 74.8 cm³/mol. The number of fused-ring (bicyclic) bond motifs is 1. The normalized spacial score (nSPS) is 23.0. The van der Waals surface area contributed by atoms with Crippen molar-refractivity contribution in [3.8, 4) is 0 Å². The van der Waals surface area contributed by atoms with Gasteiger partial charge in [-0.15, -0.1) is 0 Å². The Bertz CT molecular complexity index is 558. The molecule has 1 aromatic carbocycles. The van der Waals surface area contributed by atoms with Crippen LogP contribution in [-0.4, -0.2) is 29.2 Å². The fraction of sp³-hybridized carbons (Fsp3) is 0.467. The van der Waals surface area contributed by atoms with Crippen molar-refractivity contribution in [2.75, 3.05) is 13.2 Å². The summed E-state index contributed by atoms with van der Waals surface area (Å²) in [5.41, 5.74) is 2.90. The van der Waals surface area contributed by atoms with E-state index in [4.69, 9.17) is 4.74 Å². The SMILES string of the molecule is CC1OCCC1CNCc1cnc2ccccc2n1. The summed E-state index contributed by atoms with van der Waals surface area (Å²) in [7, 11) is 0. The van der Waals surface area contributed by atoms with Gasteiger partial charge in [0.15, 0.2) is 0 Å². The number of para-hydroxylation sites is 2. The van der Waals surface area contributed by atoms with Crippen LogP contribution in [0.5, 0.6) is 0 Å². The van der Waals surface area contributed by atoms with Crippen molar-refractivity contribution in [1.29, 1.82) is 0 Å². The number of nitrogens with zero attached hydrogens (tertiary/aromatic N) is 2. The first-order chi connectivity index (χ1) is 9.33. The summed E-state index contributed by atoms with van der Waals surface area (Å²) in [4.78, 5) is 9.02. The minimum absolute atomic E-state index is 0.371. The average Bonchev–Trinajstić information content (AvgIpc) is 2.84. The lowest BCUT2D eigenvalue weighted by atomic mass is 10.0. The van der Waals surface area contributed by atoms with Crippen molar-refractivity contribution in [3.63, 3.8) is 0 Å². The van der Waals surface area contributed by atoms with Crippen LogP contribution in [0.2, 0.25) is 0 Å². The largest absolute Gasteiger partial charge is 0.378 e. The Kier molecular flexibility index (Phi) is 3.71. The van der Waals surface area contributed by atoms with Gasteiger partial charge >= 0.3 is 0 Å². The van der Waals surface area contributed by atoms with Crippen molar-refractivity contribution in [1.82, 2.24) is 15.3 Å². The highest BCUT2D eigenvalue weighted by atomic mass is 16.5. The molecule has 1 fully saturated rings. The molecule has 0 saturated carbocycles. The molecule has 0 radical (unpaired) electrons. The second kappa shape index (κ2) is 5.63. The minimum atomic E-state index is 0.371. The zero-order valence-corrected chi connectivity index (χ0v) is 11.2. The number of rotatable bonds is 4. The Balaban J connectivity index is 1.59. The van der Waals surface area contributed by atoms with Crippen molar-refractivity contribution in [2.45, 2.75) is 26.0 Å². The van der Waals surface area contributed by atoms with Crippen LogP contribution < -0.4 is 5.32 Å². The first-order valence-electron chi connectivity index (χ1n) is 6.86. The zero-order chi connectivity index (χ0) is 13.1. The topological polar surface area (TPSA) is 47.0 Å². The molecular formula is C15H19N3O. The minimum Gasteiger partial charge on any atom is -0.378 e. The smallest absolute Gasteiger partial charge is 0.0890 e. The highest BCUT2D eigenvalue weighted by Gasteiger charge is 2.23. The van der Waals surface area contributed by atoms with Gasteiger partial charge in [-0.1, -0.05) is 12.1 Å². The number of aromatic nitrogens is 2. The van der Waals surface area contributed by atoms with Gasteiger partial charge in [-0.3, -0.25) is 4.98 Å². The number of ether oxygens (including phenoxy) is 1. The van der Waals surface area contributed by atoms with Gasteiger partial charge in [-0.2, -0.15) is 0 Å². The van der Waals surface area contributed by atoms with Crippen molar-refractivity contribution in [3.05, 3.63) is 36.2 Å². The van der Waals surface area contributed by atoms with Crippen molar-refractivity contribution >= 4 is 11.0 Å². The highest BCUT2D eigenvalue weighted by molar-refractivity contribution is 5.73. The van der Waals surface area contributed by atoms with E-state index in [0.29, 0.717) is 12.0 Å². The van der Waals surface area contributed by atoms with E-state index in [1.807, 2.05) is 30.5 Å². The van der Waals surface area contributed by atoms with E-state index < -0.39 is 0 Å². The molecule has 2 aromatic rings. The highest BCUT2D eigenvalue weighted by Crippen LogP contribution is 2.19.